The Labute approximate surface area is 472 Å². The van der Waals surface area contributed by atoms with Crippen LogP contribution in [0.15, 0.2) is 60.8 Å². The van der Waals surface area contributed by atoms with Crippen LogP contribution < -0.4 is 0 Å². The molecule has 6 nitrogen and oxygen atoms in total. The zero-order chi connectivity index (χ0) is 55.0. The summed E-state index contributed by atoms with van der Waals surface area (Å²) in [6, 6.07) is 0. The number of carbonyl (C=O) groups is 3. The van der Waals surface area contributed by atoms with Gasteiger partial charge in [-0.2, -0.15) is 0 Å². The van der Waals surface area contributed by atoms with Gasteiger partial charge in [0.1, 0.15) is 13.2 Å². The second-order valence-electron chi connectivity index (χ2n) is 22.4. The fourth-order valence-electron chi connectivity index (χ4n) is 9.79. The SMILES string of the molecule is CC/C=C\C/C=C\C/C=C\CCCCCCCC(=O)OCC(COC(=O)CCCCCCCCCCCCCCCCCCCCCCCCCC)OC(=O)CCCCCCCCCCC/C=C\C/C=C\CCCCC. The van der Waals surface area contributed by atoms with Gasteiger partial charge in [-0.05, 0) is 83.5 Å². The summed E-state index contributed by atoms with van der Waals surface area (Å²) in [5.41, 5.74) is 0. The topological polar surface area (TPSA) is 78.9 Å². The average Bonchev–Trinajstić information content (AvgIpc) is 3.42. The van der Waals surface area contributed by atoms with Gasteiger partial charge in [-0.15, -0.1) is 0 Å². The van der Waals surface area contributed by atoms with E-state index >= 15 is 0 Å². The summed E-state index contributed by atoms with van der Waals surface area (Å²) in [7, 11) is 0. The van der Waals surface area contributed by atoms with Crippen LogP contribution in [0.2, 0.25) is 0 Å². The molecule has 0 amide bonds. The number of ether oxygens (including phenoxy) is 3. The Kier molecular flexibility index (Phi) is 62.2. The summed E-state index contributed by atoms with van der Waals surface area (Å²) >= 11 is 0. The second-order valence-corrected chi connectivity index (χ2v) is 22.4. The van der Waals surface area contributed by atoms with Gasteiger partial charge in [0.05, 0.1) is 0 Å². The molecule has 1 atom stereocenters. The quantitative estimate of drug-likeness (QED) is 0.0261. The Bertz CT molecular complexity index is 1360. The van der Waals surface area contributed by atoms with Crippen molar-refractivity contribution in [3.63, 3.8) is 0 Å². The molecule has 0 aromatic heterocycles. The molecule has 0 fully saturated rings. The molecule has 0 bridgehead atoms. The number of unbranched alkanes of at least 4 members (excludes halogenated alkanes) is 40. The third kappa shape index (κ3) is 62.0. The van der Waals surface area contributed by atoms with Crippen LogP contribution >= 0.6 is 0 Å². The van der Waals surface area contributed by atoms with Crippen molar-refractivity contribution in [2.45, 2.75) is 354 Å². The highest BCUT2D eigenvalue weighted by Crippen LogP contribution is 2.18. The van der Waals surface area contributed by atoms with E-state index < -0.39 is 6.10 Å². The molecule has 0 saturated heterocycles. The van der Waals surface area contributed by atoms with Gasteiger partial charge in [0.2, 0.25) is 0 Å². The Hall–Kier alpha value is -2.89. The molecule has 0 radical (unpaired) electrons. The molecule has 76 heavy (non-hydrogen) atoms. The van der Waals surface area contributed by atoms with Crippen LogP contribution in [0.5, 0.6) is 0 Å². The third-order valence-electron chi connectivity index (χ3n) is 14.8. The molecule has 0 rings (SSSR count). The van der Waals surface area contributed by atoms with E-state index in [0.29, 0.717) is 19.3 Å². The molecule has 6 heteroatoms. The summed E-state index contributed by atoms with van der Waals surface area (Å²) in [5, 5.41) is 0. The van der Waals surface area contributed by atoms with E-state index in [1.165, 1.54) is 205 Å². The van der Waals surface area contributed by atoms with Crippen molar-refractivity contribution in [1.29, 1.82) is 0 Å². The van der Waals surface area contributed by atoms with Crippen LogP contribution in [-0.2, 0) is 28.6 Å². The maximum atomic E-state index is 12.9. The Morgan fingerprint density at radius 2 is 0.513 bits per heavy atom. The lowest BCUT2D eigenvalue weighted by molar-refractivity contribution is -0.167. The smallest absolute Gasteiger partial charge is 0.306 e. The minimum Gasteiger partial charge on any atom is -0.462 e. The average molecular weight is 1060 g/mol. The lowest BCUT2D eigenvalue weighted by Gasteiger charge is -2.18. The maximum absolute atomic E-state index is 12.9. The molecular weight excluding hydrogens is 937 g/mol. The van der Waals surface area contributed by atoms with Crippen molar-refractivity contribution in [1.82, 2.24) is 0 Å². The van der Waals surface area contributed by atoms with Crippen molar-refractivity contribution in [3.05, 3.63) is 60.8 Å². The van der Waals surface area contributed by atoms with Crippen molar-refractivity contribution < 1.29 is 28.6 Å². The van der Waals surface area contributed by atoms with Gasteiger partial charge in [-0.25, -0.2) is 0 Å². The normalized spacial score (nSPS) is 12.4. The van der Waals surface area contributed by atoms with Crippen LogP contribution in [0, 0.1) is 0 Å². The van der Waals surface area contributed by atoms with E-state index in [1.807, 2.05) is 0 Å². The first-order valence-corrected chi connectivity index (χ1v) is 33.3. The number of allylic oxidation sites excluding steroid dienone is 10. The lowest BCUT2D eigenvalue weighted by atomic mass is 10.0. The van der Waals surface area contributed by atoms with Gasteiger partial charge >= 0.3 is 17.9 Å². The first kappa shape index (κ1) is 73.1. The molecule has 0 saturated carbocycles. The molecule has 0 aliphatic heterocycles. The first-order valence-electron chi connectivity index (χ1n) is 33.3. The molecule has 0 heterocycles. The number of carbonyl (C=O) groups excluding carboxylic acids is 3. The molecule has 0 N–H and O–H groups in total. The fraction of sp³-hybridized carbons (Fsp3) is 0.814. The van der Waals surface area contributed by atoms with Gasteiger partial charge in [-0.1, -0.05) is 306 Å². The fourth-order valence-corrected chi connectivity index (χ4v) is 9.79. The predicted octanol–water partition coefficient (Wildman–Crippen LogP) is 22.7. The highest BCUT2D eigenvalue weighted by Gasteiger charge is 2.19. The highest BCUT2D eigenvalue weighted by molar-refractivity contribution is 5.71. The summed E-state index contributed by atoms with van der Waals surface area (Å²) in [4.78, 5) is 38.4. The predicted molar refractivity (Wildman–Crippen MR) is 330 cm³/mol. The molecule has 0 spiro atoms. The van der Waals surface area contributed by atoms with Crippen LogP contribution in [0.25, 0.3) is 0 Å². The van der Waals surface area contributed by atoms with Crippen LogP contribution in [0.4, 0.5) is 0 Å². The van der Waals surface area contributed by atoms with Crippen molar-refractivity contribution in [2.24, 2.45) is 0 Å². The molecule has 0 aromatic carbocycles. The lowest BCUT2D eigenvalue weighted by Crippen LogP contribution is -2.30. The monoisotopic (exact) mass is 1060 g/mol. The van der Waals surface area contributed by atoms with Gasteiger partial charge in [0.25, 0.3) is 0 Å². The molecule has 0 aliphatic carbocycles. The highest BCUT2D eigenvalue weighted by atomic mass is 16.6. The third-order valence-corrected chi connectivity index (χ3v) is 14.8. The number of hydrogen-bond donors (Lipinski definition) is 0. The number of hydrogen-bond acceptors (Lipinski definition) is 6. The van der Waals surface area contributed by atoms with Crippen LogP contribution in [0.1, 0.15) is 348 Å². The first-order chi connectivity index (χ1) is 37.5. The largest absolute Gasteiger partial charge is 0.462 e. The van der Waals surface area contributed by atoms with Crippen molar-refractivity contribution in [2.75, 3.05) is 13.2 Å². The molecule has 442 valence electrons. The van der Waals surface area contributed by atoms with E-state index in [4.69, 9.17) is 14.2 Å². The number of rotatable bonds is 61. The van der Waals surface area contributed by atoms with E-state index in [9.17, 15) is 14.4 Å². The van der Waals surface area contributed by atoms with E-state index in [-0.39, 0.29) is 31.1 Å². The van der Waals surface area contributed by atoms with E-state index in [0.717, 1.165) is 103 Å². The Morgan fingerprint density at radius 3 is 0.829 bits per heavy atom. The summed E-state index contributed by atoms with van der Waals surface area (Å²) < 4.78 is 16.9. The minimum atomic E-state index is -0.784. The molecular formula is C70H126O6. The molecule has 0 aliphatic rings. The zero-order valence-corrected chi connectivity index (χ0v) is 50.8. The summed E-state index contributed by atoms with van der Waals surface area (Å²) in [6.45, 7) is 6.54. The van der Waals surface area contributed by atoms with Crippen LogP contribution in [-0.4, -0.2) is 37.2 Å². The zero-order valence-electron chi connectivity index (χ0n) is 50.8. The standard InChI is InChI=1S/C70H126O6/c1-4-7-10-13-16-19-22-25-28-30-32-33-34-35-36-38-39-42-45-48-51-54-57-60-63-69(72)75-66-67(65-74-68(71)62-59-56-53-50-47-44-41-27-24-21-18-15-12-9-6-3)76-70(73)64-61-58-55-52-49-46-43-40-37-31-29-26-23-20-17-14-11-8-5-2/h9,12,17-18,20-21,26-27,29,41,67H,4-8,10-11,13-16,19,22-25,28,30-40,42-66H2,1-3H3/b12-9-,20-17-,21-18-,29-26-,41-27-. The molecule has 1 unspecified atom stereocenters. The van der Waals surface area contributed by atoms with Gasteiger partial charge in [0.15, 0.2) is 6.10 Å². The van der Waals surface area contributed by atoms with Crippen molar-refractivity contribution in [3.8, 4) is 0 Å². The van der Waals surface area contributed by atoms with E-state index in [1.54, 1.807) is 0 Å². The summed E-state index contributed by atoms with van der Waals surface area (Å²) in [5.74, 6) is -0.880. The van der Waals surface area contributed by atoms with Gasteiger partial charge in [-0.3, -0.25) is 14.4 Å². The minimum absolute atomic E-state index is 0.0783. The number of esters is 3. The summed E-state index contributed by atoms with van der Waals surface area (Å²) in [6.07, 6.45) is 82.4. The van der Waals surface area contributed by atoms with Gasteiger partial charge < -0.3 is 14.2 Å². The van der Waals surface area contributed by atoms with Crippen LogP contribution in [0.3, 0.4) is 0 Å². The Balaban J connectivity index is 4.30. The second kappa shape index (κ2) is 64.6. The maximum Gasteiger partial charge on any atom is 0.306 e. The molecule has 0 aromatic rings. The Morgan fingerprint density at radius 1 is 0.276 bits per heavy atom. The van der Waals surface area contributed by atoms with Crippen molar-refractivity contribution >= 4 is 17.9 Å². The van der Waals surface area contributed by atoms with E-state index in [2.05, 4.69) is 81.5 Å². The van der Waals surface area contributed by atoms with Gasteiger partial charge in [0, 0.05) is 19.3 Å².